The molecule has 0 spiro atoms. The van der Waals surface area contributed by atoms with Crippen LogP contribution in [0.15, 0.2) is 36.4 Å². The molecule has 0 aliphatic heterocycles. The van der Waals surface area contributed by atoms with E-state index in [0.29, 0.717) is 28.4 Å². The molecule has 0 saturated heterocycles. The predicted molar refractivity (Wildman–Crippen MR) is 124 cm³/mol. The third-order valence-corrected chi connectivity index (χ3v) is 5.91. The molecule has 6 heteroatoms. The Morgan fingerprint density at radius 3 is 2.34 bits per heavy atom. The molecule has 0 heterocycles. The molecule has 29 heavy (non-hydrogen) atoms. The van der Waals surface area contributed by atoms with E-state index in [-0.39, 0.29) is 12.4 Å². The van der Waals surface area contributed by atoms with Gasteiger partial charge in [0.15, 0.2) is 11.5 Å². The molecule has 1 aliphatic rings. The second-order valence-corrected chi connectivity index (χ2v) is 8.28. The van der Waals surface area contributed by atoms with Crippen molar-refractivity contribution in [1.29, 1.82) is 0 Å². The standard InChI is InChI=1S/C23H29Cl2NO2.ClH/c1-27-23-13-17(15-26-20-7-5-3-2-4-6-8-20)9-12-22(23)28-16-18-10-11-19(24)14-21(18)25;/h9-14,20,26H,2-8,15-16H2,1H3;1H. The lowest BCUT2D eigenvalue weighted by atomic mass is 9.96. The summed E-state index contributed by atoms with van der Waals surface area (Å²) in [6, 6.07) is 12.2. The third-order valence-electron chi connectivity index (χ3n) is 5.33. The monoisotopic (exact) mass is 457 g/mol. The zero-order valence-corrected chi connectivity index (χ0v) is 19.2. The molecule has 160 valence electrons. The molecule has 0 aromatic heterocycles. The molecule has 0 radical (unpaired) electrons. The van der Waals surface area contributed by atoms with Crippen molar-refractivity contribution in [2.45, 2.75) is 64.1 Å². The van der Waals surface area contributed by atoms with Gasteiger partial charge >= 0.3 is 0 Å². The van der Waals surface area contributed by atoms with Crippen LogP contribution < -0.4 is 14.8 Å². The highest BCUT2D eigenvalue weighted by Crippen LogP contribution is 2.30. The fourth-order valence-corrected chi connectivity index (χ4v) is 4.12. The topological polar surface area (TPSA) is 30.5 Å². The van der Waals surface area contributed by atoms with Crippen molar-refractivity contribution >= 4 is 35.6 Å². The van der Waals surface area contributed by atoms with Crippen LogP contribution in [0, 0.1) is 0 Å². The van der Waals surface area contributed by atoms with Gasteiger partial charge in [-0.2, -0.15) is 0 Å². The second kappa shape index (κ2) is 12.5. The Kier molecular flexibility index (Phi) is 10.4. The zero-order chi connectivity index (χ0) is 19.8. The lowest BCUT2D eigenvalue weighted by Gasteiger charge is -2.21. The molecule has 1 N–H and O–H groups in total. The Labute approximate surface area is 190 Å². The van der Waals surface area contributed by atoms with Crippen LogP contribution in [0.25, 0.3) is 0 Å². The average molecular weight is 459 g/mol. The first-order valence-corrected chi connectivity index (χ1v) is 10.9. The van der Waals surface area contributed by atoms with E-state index in [2.05, 4.69) is 17.4 Å². The number of methoxy groups -OCH3 is 1. The Morgan fingerprint density at radius 1 is 0.931 bits per heavy atom. The molecule has 0 amide bonds. The number of hydrogen-bond acceptors (Lipinski definition) is 3. The van der Waals surface area contributed by atoms with Crippen molar-refractivity contribution in [3.63, 3.8) is 0 Å². The van der Waals surface area contributed by atoms with Gasteiger partial charge in [-0.1, -0.05) is 67.4 Å². The summed E-state index contributed by atoms with van der Waals surface area (Å²) in [5.74, 6) is 1.45. The van der Waals surface area contributed by atoms with Gasteiger partial charge in [-0.3, -0.25) is 0 Å². The lowest BCUT2D eigenvalue weighted by Crippen LogP contribution is -2.29. The van der Waals surface area contributed by atoms with Gasteiger partial charge in [-0.25, -0.2) is 0 Å². The van der Waals surface area contributed by atoms with Gasteiger partial charge in [-0.05, 0) is 42.7 Å². The molecular weight excluding hydrogens is 429 g/mol. The predicted octanol–water partition coefficient (Wildman–Crippen LogP) is 7.21. The minimum atomic E-state index is 0. The number of nitrogens with one attached hydrogen (secondary N) is 1. The Balaban J connectivity index is 0.00000300. The summed E-state index contributed by atoms with van der Waals surface area (Å²) in [5, 5.41) is 4.94. The largest absolute Gasteiger partial charge is 0.493 e. The summed E-state index contributed by atoms with van der Waals surface area (Å²) in [7, 11) is 1.67. The third kappa shape index (κ3) is 7.57. The van der Waals surface area contributed by atoms with Crippen molar-refractivity contribution in [3.05, 3.63) is 57.6 Å². The van der Waals surface area contributed by atoms with E-state index in [9.17, 15) is 0 Å². The van der Waals surface area contributed by atoms with Crippen LogP contribution in [0.1, 0.15) is 56.1 Å². The highest BCUT2D eigenvalue weighted by atomic mass is 35.5. The highest BCUT2D eigenvalue weighted by Gasteiger charge is 2.12. The van der Waals surface area contributed by atoms with Crippen molar-refractivity contribution in [1.82, 2.24) is 5.32 Å². The van der Waals surface area contributed by atoms with E-state index < -0.39 is 0 Å². The molecule has 1 aliphatic carbocycles. The van der Waals surface area contributed by atoms with Crippen LogP contribution in [0.2, 0.25) is 10.0 Å². The summed E-state index contributed by atoms with van der Waals surface area (Å²) in [4.78, 5) is 0. The van der Waals surface area contributed by atoms with Crippen molar-refractivity contribution in [2.24, 2.45) is 0 Å². The Morgan fingerprint density at radius 2 is 1.66 bits per heavy atom. The number of hydrogen-bond donors (Lipinski definition) is 1. The molecule has 0 bridgehead atoms. The van der Waals surface area contributed by atoms with Crippen LogP contribution in [0.4, 0.5) is 0 Å². The van der Waals surface area contributed by atoms with Gasteiger partial charge in [0.2, 0.25) is 0 Å². The number of halogens is 3. The van der Waals surface area contributed by atoms with Crippen molar-refractivity contribution in [2.75, 3.05) is 7.11 Å². The maximum Gasteiger partial charge on any atom is 0.161 e. The molecule has 3 nitrogen and oxygen atoms in total. The fourth-order valence-electron chi connectivity index (χ4n) is 3.66. The van der Waals surface area contributed by atoms with E-state index in [1.807, 2.05) is 18.2 Å². The van der Waals surface area contributed by atoms with Gasteiger partial charge in [-0.15, -0.1) is 12.4 Å². The van der Waals surface area contributed by atoms with Gasteiger partial charge in [0, 0.05) is 28.2 Å². The normalized spacial score (nSPS) is 15.1. The first kappa shape index (κ1) is 24.1. The van der Waals surface area contributed by atoms with Gasteiger partial charge in [0.1, 0.15) is 6.61 Å². The summed E-state index contributed by atoms with van der Waals surface area (Å²) in [6.07, 6.45) is 9.36. The van der Waals surface area contributed by atoms with Gasteiger partial charge < -0.3 is 14.8 Å². The smallest absolute Gasteiger partial charge is 0.161 e. The summed E-state index contributed by atoms with van der Waals surface area (Å²) in [6.45, 7) is 1.22. The minimum absolute atomic E-state index is 0. The van der Waals surface area contributed by atoms with E-state index >= 15 is 0 Å². The molecule has 3 rings (SSSR count). The second-order valence-electron chi connectivity index (χ2n) is 7.43. The molecule has 1 saturated carbocycles. The molecule has 1 fully saturated rings. The van der Waals surface area contributed by atoms with E-state index in [4.69, 9.17) is 32.7 Å². The van der Waals surface area contributed by atoms with Crippen LogP contribution in [0.5, 0.6) is 11.5 Å². The van der Waals surface area contributed by atoms with E-state index in [1.165, 1.54) is 50.5 Å². The lowest BCUT2D eigenvalue weighted by molar-refractivity contribution is 0.284. The maximum absolute atomic E-state index is 6.23. The first-order chi connectivity index (χ1) is 13.7. The molecule has 2 aromatic carbocycles. The maximum atomic E-state index is 6.23. The van der Waals surface area contributed by atoms with Crippen LogP contribution in [-0.4, -0.2) is 13.2 Å². The fraction of sp³-hybridized carbons (Fsp3) is 0.478. The molecule has 0 unspecified atom stereocenters. The SMILES string of the molecule is COc1cc(CNC2CCCCCCC2)ccc1OCc1ccc(Cl)cc1Cl.Cl. The quantitative estimate of drug-likeness (QED) is 0.475. The number of ether oxygens (including phenoxy) is 2. The van der Waals surface area contributed by atoms with Gasteiger partial charge in [0.25, 0.3) is 0 Å². The summed E-state index contributed by atoms with van der Waals surface area (Å²) in [5.41, 5.74) is 2.10. The Hall–Kier alpha value is -1.13. The number of rotatable bonds is 7. The first-order valence-electron chi connectivity index (χ1n) is 10.1. The zero-order valence-electron chi connectivity index (χ0n) is 16.9. The number of benzene rings is 2. The van der Waals surface area contributed by atoms with Crippen LogP contribution >= 0.6 is 35.6 Å². The van der Waals surface area contributed by atoms with E-state index in [0.717, 1.165) is 17.9 Å². The summed E-state index contributed by atoms with van der Waals surface area (Å²) < 4.78 is 11.5. The molecule has 0 atom stereocenters. The molecule has 2 aromatic rings. The molecular formula is C23H30Cl3NO2. The van der Waals surface area contributed by atoms with Gasteiger partial charge in [0.05, 0.1) is 7.11 Å². The van der Waals surface area contributed by atoms with E-state index in [1.54, 1.807) is 13.2 Å². The van der Waals surface area contributed by atoms with Crippen molar-refractivity contribution < 1.29 is 9.47 Å². The minimum Gasteiger partial charge on any atom is -0.493 e. The van der Waals surface area contributed by atoms with Crippen LogP contribution in [-0.2, 0) is 13.2 Å². The van der Waals surface area contributed by atoms with Crippen molar-refractivity contribution in [3.8, 4) is 11.5 Å². The Bertz CT molecular complexity index is 762. The summed E-state index contributed by atoms with van der Waals surface area (Å²) >= 11 is 12.2. The van der Waals surface area contributed by atoms with Crippen LogP contribution in [0.3, 0.4) is 0 Å². The average Bonchev–Trinajstić information content (AvgIpc) is 2.67. The highest BCUT2D eigenvalue weighted by molar-refractivity contribution is 6.35.